The Bertz CT molecular complexity index is 531. The van der Waals surface area contributed by atoms with E-state index in [1.54, 1.807) is 6.20 Å². The monoisotopic (exact) mass is 306 g/mol. The summed E-state index contributed by atoms with van der Waals surface area (Å²) >= 11 is 0. The van der Waals surface area contributed by atoms with Crippen molar-refractivity contribution in [3.05, 3.63) is 12.3 Å². The molecule has 1 aliphatic carbocycles. The predicted molar refractivity (Wildman–Crippen MR) is 83.0 cm³/mol. The van der Waals surface area contributed by atoms with Crippen molar-refractivity contribution in [3.63, 3.8) is 0 Å². The van der Waals surface area contributed by atoms with E-state index in [0.717, 1.165) is 19.3 Å². The molecule has 0 aromatic heterocycles. The summed E-state index contributed by atoms with van der Waals surface area (Å²) in [5, 5.41) is 2.74. The number of allylic oxidation sites excluding steroid dienone is 1. The fourth-order valence-corrected chi connectivity index (χ4v) is 3.75. The zero-order valence-electron chi connectivity index (χ0n) is 13.9. The highest BCUT2D eigenvalue weighted by molar-refractivity contribution is 5.79. The van der Waals surface area contributed by atoms with E-state index in [1.807, 2.05) is 25.7 Å². The second kappa shape index (κ2) is 4.74. The fraction of sp³-hybridized carbons (Fsp3) is 0.765. The van der Waals surface area contributed by atoms with Crippen LogP contribution in [-0.2, 0) is 9.53 Å². The molecule has 2 aliphatic heterocycles. The van der Waals surface area contributed by atoms with Gasteiger partial charge in [0.2, 0.25) is 5.91 Å². The van der Waals surface area contributed by atoms with Crippen LogP contribution in [0, 0.1) is 11.3 Å². The molecule has 3 rings (SSSR count). The number of rotatable bonds is 1. The third-order valence-electron chi connectivity index (χ3n) is 5.23. The van der Waals surface area contributed by atoms with Gasteiger partial charge < -0.3 is 15.0 Å². The van der Waals surface area contributed by atoms with Gasteiger partial charge in [-0.25, -0.2) is 4.79 Å². The van der Waals surface area contributed by atoms with E-state index in [4.69, 9.17) is 4.74 Å². The molecule has 2 amide bonds. The van der Waals surface area contributed by atoms with Gasteiger partial charge in [-0.2, -0.15) is 0 Å². The van der Waals surface area contributed by atoms with Crippen LogP contribution in [0.15, 0.2) is 12.3 Å². The molecule has 5 nitrogen and oxygen atoms in total. The summed E-state index contributed by atoms with van der Waals surface area (Å²) in [6.07, 6.45) is 7.20. The maximum Gasteiger partial charge on any atom is 0.410 e. The van der Waals surface area contributed by atoms with Crippen LogP contribution < -0.4 is 5.32 Å². The van der Waals surface area contributed by atoms with Crippen LogP contribution in [0.25, 0.3) is 0 Å². The van der Waals surface area contributed by atoms with Gasteiger partial charge in [0.1, 0.15) is 5.60 Å². The van der Waals surface area contributed by atoms with Gasteiger partial charge in [-0.05, 0) is 46.0 Å². The van der Waals surface area contributed by atoms with E-state index < -0.39 is 5.60 Å². The Balaban J connectivity index is 1.76. The molecular weight excluding hydrogens is 280 g/mol. The summed E-state index contributed by atoms with van der Waals surface area (Å²) in [6, 6.07) is 0. The lowest BCUT2D eigenvalue weighted by molar-refractivity contribution is -0.122. The third-order valence-corrected chi connectivity index (χ3v) is 5.23. The lowest BCUT2D eigenvalue weighted by Gasteiger charge is -2.34. The van der Waals surface area contributed by atoms with E-state index in [1.165, 1.54) is 0 Å². The summed E-state index contributed by atoms with van der Waals surface area (Å²) in [6.45, 7) is 8.50. The molecule has 3 aliphatic rings. The van der Waals surface area contributed by atoms with Gasteiger partial charge in [0, 0.05) is 30.1 Å². The average Bonchev–Trinajstić information content (AvgIpc) is 2.98. The van der Waals surface area contributed by atoms with Crippen LogP contribution in [0.1, 0.15) is 53.4 Å². The molecule has 122 valence electrons. The van der Waals surface area contributed by atoms with Gasteiger partial charge in [0.05, 0.1) is 0 Å². The minimum Gasteiger partial charge on any atom is -0.444 e. The van der Waals surface area contributed by atoms with Gasteiger partial charge in [0.25, 0.3) is 0 Å². The summed E-state index contributed by atoms with van der Waals surface area (Å²) in [5.41, 5.74) is -0.660. The molecule has 0 aromatic rings. The lowest BCUT2D eigenvalue weighted by Crippen LogP contribution is -2.42. The van der Waals surface area contributed by atoms with Crippen molar-refractivity contribution in [2.24, 2.45) is 11.3 Å². The largest absolute Gasteiger partial charge is 0.444 e. The minimum atomic E-state index is -0.472. The van der Waals surface area contributed by atoms with Crippen LogP contribution in [0.2, 0.25) is 0 Å². The second-order valence-corrected chi connectivity index (χ2v) is 8.30. The van der Waals surface area contributed by atoms with Crippen molar-refractivity contribution in [1.29, 1.82) is 0 Å². The van der Waals surface area contributed by atoms with E-state index >= 15 is 0 Å². The molecule has 2 heterocycles. The van der Waals surface area contributed by atoms with Crippen LogP contribution in [-0.4, -0.2) is 34.6 Å². The number of nitrogens with one attached hydrogen (secondary N) is 1. The first-order chi connectivity index (χ1) is 10.1. The minimum absolute atomic E-state index is 0.0161. The van der Waals surface area contributed by atoms with Crippen LogP contribution in [0.5, 0.6) is 0 Å². The van der Waals surface area contributed by atoms with Crippen molar-refractivity contribution in [2.45, 2.75) is 64.5 Å². The average molecular weight is 306 g/mol. The molecule has 0 aromatic carbocycles. The standard InChI is InChI=1S/C17H26N2O3/c1-15(2,3)22-14(21)19-11-12(9-17(19)5-6-17)16(4)7-8-18-13(20)10-16/h7-8,12H,5-6,9-11H2,1-4H3,(H,18,20)/t12-,16?/m0/s1. The summed E-state index contributed by atoms with van der Waals surface area (Å²) < 4.78 is 5.58. The molecule has 0 bridgehead atoms. The molecule has 1 spiro atoms. The van der Waals surface area contributed by atoms with Crippen LogP contribution >= 0.6 is 0 Å². The summed E-state index contributed by atoms with van der Waals surface area (Å²) in [4.78, 5) is 26.2. The number of hydrogen-bond donors (Lipinski definition) is 1. The maximum atomic E-state index is 12.5. The van der Waals surface area contributed by atoms with Gasteiger partial charge in [0.15, 0.2) is 0 Å². The maximum absolute atomic E-state index is 12.5. The first-order valence-corrected chi connectivity index (χ1v) is 8.11. The number of ether oxygens (including phenoxy) is 1. The van der Waals surface area contributed by atoms with Gasteiger partial charge >= 0.3 is 6.09 Å². The van der Waals surface area contributed by atoms with E-state index in [-0.39, 0.29) is 23.0 Å². The molecule has 1 N–H and O–H groups in total. The number of nitrogens with zero attached hydrogens (tertiary/aromatic N) is 1. The van der Waals surface area contributed by atoms with Crippen molar-refractivity contribution in [1.82, 2.24) is 10.2 Å². The zero-order chi connectivity index (χ0) is 16.2. The normalized spacial score (nSPS) is 33.0. The molecule has 2 atom stereocenters. The van der Waals surface area contributed by atoms with Gasteiger partial charge in [-0.1, -0.05) is 13.0 Å². The molecule has 1 saturated carbocycles. The highest BCUT2D eigenvalue weighted by atomic mass is 16.6. The summed E-state index contributed by atoms with van der Waals surface area (Å²) in [7, 11) is 0. The SMILES string of the molecule is CC(C)(C)OC(=O)N1C[C@@H](C2(C)C=CNC(=O)C2)CC12CC2. The molecule has 5 heteroatoms. The highest BCUT2D eigenvalue weighted by Crippen LogP contribution is 2.56. The van der Waals surface area contributed by atoms with E-state index in [0.29, 0.717) is 18.9 Å². The van der Waals surface area contributed by atoms with Crippen molar-refractivity contribution >= 4 is 12.0 Å². The van der Waals surface area contributed by atoms with Gasteiger partial charge in [-0.3, -0.25) is 4.79 Å². The van der Waals surface area contributed by atoms with Crippen molar-refractivity contribution in [3.8, 4) is 0 Å². The molecule has 1 unspecified atom stereocenters. The van der Waals surface area contributed by atoms with Crippen molar-refractivity contribution in [2.75, 3.05) is 6.54 Å². The zero-order valence-corrected chi connectivity index (χ0v) is 13.9. The Kier molecular flexibility index (Phi) is 3.31. The predicted octanol–water partition coefficient (Wildman–Crippen LogP) is 2.82. The second-order valence-electron chi connectivity index (χ2n) is 8.30. The molecule has 1 saturated heterocycles. The number of carbonyl (C=O) groups is 2. The number of carbonyl (C=O) groups excluding carboxylic acids is 2. The Morgan fingerprint density at radius 2 is 2.09 bits per heavy atom. The van der Waals surface area contributed by atoms with Crippen molar-refractivity contribution < 1.29 is 14.3 Å². The topological polar surface area (TPSA) is 58.6 Å². The first kappa shape index (κ1) is 15.4. The number of likely N-dealkylation sites (tertiary alicyclic amines) is 1. The van der Waals surface area contributed by atoms with Crippen LogP contribution in [0.4, 0.5) is 4.79 Å². The third kappa shape index (κ3) is 2.73. The summed E-state index contributed by atoms with van der Waals surface area (Å²) in [5.74, 6) is 0.371. The van der Waals surface area contributed by atoms with E-state index in [9.17, 15) is 9.59 Å². The number of amides is 2. The molecular formula is C17H26N2O3. The fourth-order valence-electron chi connectivity index (χ4n) is 3.75. The Hall–Kier alpha value is -1.52. The Labute approximate surface area is 132 Å². The smallest absolute Gasteiger partial charge is 0.410 e. The molecule has 0 radical (unpaired) electrons. The first-order valence-electron chi connectivity index (χ1n) is 8.11. The Morgan fingerprint density at radius 1 is 1.41 bits per heavy atom. The molecule has 2 fully saturated rings. The lowest BCUT2D eigenvalue weighted by atomic mass is 9.72. The molecule has 22 heavy (non-hydrogen) atoms. The van der Waals surface area contributed by atoms with Crippen LogP contribution in [0.3, 0.4) is 0 Å². The quantitative estimate of drug-likeness (QED) is 0.810. The highest BCUT2D eigenvalue weighted by Gasteiger charge is 2.59. The van der Waals surface area contributed by atoms with Gasteiger partial charge in [-0.15, -0.1) is 0 Å². The number of hydrogen-bond acceptors (Lipinski definition) is 3. The Morgan fingerprint density at radius 3 is 2.64 bits per heavy atom. The van der Waals surface area contributed by atoms with E-state index in [2.05, 4.69) is 18.3 Å².